The van der Waals surface area contributed by atoms with Crippen molar-refractivity contribution in [2.45, 2.75) is 12.0 Å². The van der Waals surface area contributed by atoms with Crippen LogP contribution in [0.5, 0.6) is 5.75 Å². The predicted octanol–water partition coefficient (Wildman–Crippen LogP) is 2.10. The van der Waals surface area contributed by atoms with Crippen molar-refractivity contribution in [1.82, 2.24) is 4.90 Å². The molecule has 1 spiro atoms. The number of carbonyl (C=O) groups is 2. The summed E-state index contributed by atoms with van der Waals surface area (Å²) < 4.78 is 11.5. The van der Waals surface area contributed by atoms with Gasteiger partial charge in [-0.15, -0.1) is 0 Å². The zero-order valence-electron chi connectivity index (χ0n) is 15.0. The van der Waals surface area contributed by atoms with Crippen molar-refractivity contribution in [3.8, 4) is 5.75 Å². The quantitative estimate of drug-likeness (QED) is 0.832. The maximum atomic E-state index is 12.5. The molecular formula is C21H22N2O4. The second kappa shape index (κ2) is 7.40. The highest BCUT2D eigenvalue weighted by molar-refractivity contribution is 5.95. The largest absolute Gasteiger partial charge is 0.484 e. The highest BCUT2D eigenvalue weighted by Crippen LogP contribution is 2.32. The van der Waals surface area contributed by atoms with Gasteiger partial charge in [-0.25, -0.2) is 0 Å². The van der Waals surface area contributed by atoms with E-state index >= 15 is 0 Å². The van der Waals surface area contributed by atoms with Crippen molar-refractivity contribution in [3.05, 3.63) is 60.7 Å². The Hall–Kier alpha value is -2.86. The number of rotatable bonds is 4. The lowest BCUT2D eigenvalue weighted by atomic mass is 10.00. The van der Waals surface area contributed by atoms with E-state index in [9.17, 15) is 9.59 Å². The van der Waals surface area contributed by atoms with Crippen LogP contribution in [0.25, 0.3) is 0 Å². The van der Waals surface area contributed by atoms with Gasteiger partial charge < -0.3 is 19.3 Å². The number of morpholine rings is 1. The van der Waals surface area contributed by atoms with Crippen LogP contribution in [0, 0.1) is 0 Å². The summed E-state index contributed by atoms with van der Waals surface area (Å²) in [6, 6.07) is 18.9. The number of para-hydroxylation sites is 2. The monoisotopic (exact) mass is 366 g/mol. The first kappa shape index (κ1) is 17.5. The third-order valence-electron chi connectivity index (χ3n) is 5.09. The summed E-state index contributed by atoms with van der Waals surface area (Å²) in [5.41, 5.74) is 0.356. The molecule has 2 fully saturated rings. The van der Waals surface area contributed by atoms with Crippen LogP contribution in [0.2, 0.25) is 0 Å². The smallest absolute Gasteiger partial charge is 0.260 e. The van der Waals surface area contributed by atoms with E-state index in [1.54, 1.807) is 9.80 Å². The SMILES string of the molecule is O=C(COc1ccccc1)N1CCC2(C1)CN(c1ccccc1)C(=O)CO2. The molecule has 2 heterocycles. The van der Waals surface area contributed by atoms with Crippen molar-refractivity contribution in [2.24, 2.45) is 0 Å². The minimum Gasteiger partial charge on any atom is -0.484 e. The second-order valence-corrected chi connectivity index (χ2v) is 6.95. The van der Waals surface area contributed by atoms with Crippen LogP contribution in [0.15, 0.2) is 60.7 Å². The Bertz CT molecular complexity index is 811. The van der Waals surface area contributed by atoms with Gasteiger partial charge in [-0.2, -0.15) is 0 Å². The van der Waals surface area contributed by atoms with E-state index in [0.29, 0.717) is 31.8 Å². The van der Waals surface area contributed by atoms with Crippen LogP contribution >= 0.6 is 0 Å². The molecule has 0 bridgehead atoms. The molecule has 6 heteroatoms. The molecule has 2 aromatic carbocycles. The number of amides is 2. The zero-order valence-corrected chi connectivity index (χ0v) is 15.0. The number of benzene rings is 2. The lowest BCUT2D eigenvalue weighted by Crippen LogP contribution is -2.56. The van der Waals surface area contributed by atoms with Crippen LogP contribution in [-0.4, -0.2) is 55.2 Å². The van der Waals surface area contributed by atoms with Crippen molar-refractivity contribution in [1.29, 1.82) is 0 Å². The summed E-state index contributed by atoms with van der Waals surface area (Å²) in [6.07, 6.45) is 0.709. The minimum absolute atomic E-state index is 0.00141. The number of ether oxygens (including phenoxy) is 2. The van der Waals surface area contributed by atoms with E-state index < -0.39 is 5.60 Å². The summed E-state index contributed by atoms with van der Waals surface area (Å²) in [5.74, 6) is 0.557. The topological polar surface area (TPSA) is 59.1 Å². The average Bonchev–Trinajstić information content (AvgIpc) is 3.13. The van der Waals surface area contributed by atoms with Gasteiger partial charge in [0.1, 0.15) is 18.0 Å². The van der Waals surface area contributed by atoms with Gasteiger partial charge in [0.2, 0.25) is 0 Å². The molecule has 0 radical (unpaired) electrons. The van der Waals surface area contributed by atoms with E-state index in [4.69, 9.17) is 9.47 Å². The third-order valence-corrected chi connectivity index (χ3v) is 5.09. The maximum absolute atomic E-state index is 12.5. The fourth-order valence-electron chi connectivity index (χ4n) is 3.62. The van der Waals surface area contributed by atoms with E-state index in [-0.39, 0.29) is 25.0 Å². The van der Waals surface area contributed by atoms with E-state index in [1.807, 2.05) is 60.7 Å². The van der Waals surface area contributed by atoms with Crippen molar-refractivity contribution in [2.75, 3.05) is 37.7 Å². The fraction of sp³-hybridized carbons (Fsp3) is 0.333. The molecule has 27 heavy (non-hydrogen) atoms. The minimum atomic E-state index is -0.508. The Balaban J connectivity index is 1.39. The number of hydrogen-bond donors (Lipinski definition) is 0. The second-order valence-electron chi connectivity index (χ2n) is 6.95. The molecule has 2 saturated heterocycles. The highest BCUT2D eigenvalue weighted by Gasteiger charge is 2.46. The number of likely N-dealkylation sites (tertiary alicyclic amines) is 1. The first-order valence-corrected chi connectivity index (χ1v) is 9.10. The van der Waals surface area contributed by atoms with E-state index in [2.05, 4.69) is 0 Å². The maximum Gasteiger partial charge on any atom is 0.260 e. The summed E-state index contributed by atoms with van der Waals surface area (Å²) >= 11 is 0. The lowest BCUT2D eigenvalue weighted by Gasteiger charge is -2.40. The van der Waals surface area contributed by atoms with Gasteiger partial charge in [-0.3, -0.25) is 9.59 Å². The molecule has 0 saturated carbocycles. The molecule has 1 unspecified atom stereocenters. The standard InChI is InChI=1S/C21H22N2O4/c24-19(13-26-18-9-5-2-6-10-18)22-12-11-21(15-22)16-23(20(25)14-27-21)17-7-3-1-4-8-17/h1-10H,11-16H2. The van der Waals surface area contributed by atoms with Crippen LogP contribution in [-0.2, 0) is 14.3 Å². The number of carbonyl (C=O) groups excluding carboxylic acids is 2. The lowest BCUT2D eigenvalue weighted by molar-refractivity contribution is -0.140. The van der Waals surface area contributed by atoms with Gasteiger partial charge in [-0.1, -0.05) is 36.4 Å². The molecule has 2 amide bonds. The average molecular weight is 366 g/mol. The molecule has 4 rings (SSSR count). The highest BCUT2D eigenvalue weighted by atomic mass is 16.5. The van der Waals surface area contributed by atoms with Gasteiger partial charge in [0, 0.05) is 12.2 Å². The molecule has 1 atom stereocenters. The Labute approximate surface area is 158 Å². The van der Waals surface area contributed by atoms with Crippen LogP contribution < -0.4 is 9.64 Å². The molecule has 2 aliphatic heterocycles. The van der Waals surface area contributed by atoms with Crippen molar-refractivity contribution in [3.63, 3.8) is 0 Å². The number of hydrogen-bond acceptors (Lipinski definition) is 4. The number of nitrogens with zero attached hydrogens (tertiary/aromatic N) is 2. The summed E-state index contributed by atoms with van der Waals surface area (Å²) in [6.45, 7) is 1.58. The molecule has 0 aliphatic carbocycles. The molecule has 0 aromatic heterocycles. The summed E-state index contributed by atoms with van der Waals surface area (Å²) in [5, 5.41) is 0. The summed E-state index contributed by atoms with van der Waals surface area (Å²) in [4.78, 5) is 28.4. The van der Waals surface area contributed by atoms with Gasteiger partial charge in [0.25, 0.3) is 11.8 Å². The number of anilines is 1. The Morgan fingerprint density at radius 1 is 1.04 bits per heavy atom. The Kier molecular flexibility index (Phi) is 4.81. The molecule has 140 valence electrons. The molecule has 0 N–H and O–H groups in total. The molecule has 2 aromatic rings. The van der Waals surface area contributed by atoms with Gasteiger partial charge in [0.15, 0.2) is 6.61 Å². The van der Waals surface area contributed by atoms with Crippen LogP contribution in [0.1, 0.15) is 6.42 Å². The van der Waals surface area contributed by atoms with Crippen LogP contribution in [0.4, 0.5) is 5.69 Å². The zero-order chi connectivity index (χ0) is 18.7. The summed E-state index contributed by atoms with van der Waals surface area (Å²) in [7, 11) is 0. The Morgan fingerprint density at radius 2 is 1.74 bits per heavy atom. The Morgan fingerprint density at radius 3 is 2.48 bits per heavy atom. The normalized spacial score (nSPS) is 22.3. The molecular weight excluding hydrogens is 344 g/mol. The van der Waals surface area contributed by atoms with E-state index in [1.165, 1.54) is 0 Å². The predicted molar refractivity (Wildman–Crippen MR) is 101 cm³/mol. The van der Waals surface area contributed by atoms with Gasteiger partial charge in [0.05, 0.1) is 13.1 Å². The van der Waals surface area contributed by atoms with Crippen LogP contribution in [0.3, 0.4) is 0 Å². The third kappa shape index (κ3) is 3.80. The van der Waals surface area contributed by atoms with Crippen molar-refractivity contribution < 1.29 is 19.1 Å². The van der Waals surface area contributed by atoms with Gasteiger partial charge in [-0.05, 0) is 30.7 Å². The van der Waals surface area contributed by atoms with Gasteiger partial charge >= 0.3 is 0 Å². The molecule has 6 nitrogen and oxygen atoms in total. The van der Waals surface area contributed by atoms with E-state index in [0.717, 1.165) is 5.69 Å². The molecule has 2 aliphatic rings. The first-order valence-electron chi connectivity index (χ1n) is 9.10. The van der Waals surface area contributed by atoms with Crippen molar-refractivity contribution >= 4 is 17.5 Å². The first-order chi connectivity index (χ1) is 13.2. The fourth-order valence-corrected chi connectivity index (χ4v) is 3.62.